The summed E-state index contributed by atoms with van der Waals surface area (Å²) in [5, 5.41) is 2.06. The molecule has 1 atom stereocenters. The molecule has 216 valence electrons. The van der Waals surface area contributed by atoms with Crippen LogP contribution < -0.4 is 4.74 Å². The highest BCUT2D eigenvalue weighted by Gasteiger charge is 2.31. The second-order valence-electron chi connectivity index (χ2n) is 13.4. The number of hydrogen-bond acceptors (Lipinski definition) is 6. The molecule has 2 aromatic carbocycles. The van der Waals surface area contributed by atoms with Crippen molar-refractivity contribution in [2.45, 2.75) is 86.4 Å². The maximum atomic E-state index is 12.9. The van der Waals surface area contributed by atoms with Crippen LogP contribution in [0.3, 0.4) is 0 Å². The van der Waals surface area contributed by atoms with E-state index in [1.165, 1.54) is 5.56 Å². The third-order valence-electron chi connectivity index (χ3n) is 7.49. The molecule has 0 fully saturated rings. The number of benzene rings is 2. The van der Waals surface area contributed by atoms with E-state index >= 15 is 0 Å². The Kier molecular flexibility index (Phi) is 7.58. The van der Waals surface area contributed by atoms with Crippen molar-refractivity contribution < 1.29 is 19.0 Å². The number of hydrogen-bond donors (Lipinski definition) is 0. The van der Waals surface area contributed by atoms with Gasteiger partial charge in [-0.05, 0) is 107 Å². The van der Waals surface area contributed by atoms with Crippen LogP contribution in [0.4, 0.5) is 0 Å². The minimum Gasteiger partial charge on any atom is -0.493 e. The molecule has 0 radical (unpaired) electrons. The number of carbonyl (C=O) groups is 1. The lowest BCUT2D eigenvalue weighted by Gasteiger charge is -2.31. The highest BCUT2D eigenvalue weighted by molar-refractivity contribution is 6.07. The zero-order valence-corrected chi connectivity index (χ0v) is 25.8. The summed E-state index contributed by atoms with van der Waals surface area (Å²) in [5.41, 5.74) is 6.99. The van der Waals surface area contributed by atoms with Crippen molar-refractivity contribution in [1.82, 2.24) is 9.97 Å². The Morgan fingerprint density at radius 2 is 1.80 bits per heavy atom. The second kappa shape index (κ2) is 10.7. The number of esters is 1. The fourth-order valence-corrected chi connectivity index (χ4v) is 5.54. The van der Waals surface area contributed by atoms with Crippen molar-refractivity contribution in [2.75, 3.05) is 13.2 Å². The van der Waals surface area contributed by atoms with Crippen LogP contribution in [0.15, 0.2) is 42.6 Å². The van der Waals surface area contributed by atoms with Gasteiger partial charge in [-0.1, -0.05) is 19.9 Å². The Morgan fingerprint density at radius 3 is 2.49 bits per heavy atom. The molecule has 0 aliphatic carbocycles. The summed E-state index contributed by atoms with van der Waals surface area (Å²) < 4.78 is 18.6. The Bertz CT molecular complexity index is 1620. The van der Waals surface area contributed by atoms with Crippen LogP contribution in [0, 0.1) is 12.3 Å². The van der Waals surface area contributed by atoms with E-state index in [9.17, 15) is 4.79 Å². The van der Waals surface area contributed by atoms with Crippen molar-refractivity contribution in [2.24, 2.45) is 5.41 Å². The smallest absolute Gasteiger partial charge is 0.311 e. The Balaban J connectivity index is 1.81. The van der Waals surface area contributed by atoms with Gasteiger partial charge >= 0.3 is 5.97 Å². The average Bonchev–Trinajstić information content (AvgIpc) is 2.89. The van der Waals surface area contributed by atoms with Gasteiger partial charge in [-0.2, -0.15) is 0 Å². The molecule has 5 rings (SSSR count). The molecule has 2 aromatic heterocycles. The van der Waals surface area contributed by atoms with Crippen LogP contribution in [-0.4, -0.2) is 34.8 Å². The molecular formula is C35H42N2O4. The first kappa shape index (κ1) is 29.0. The number of rotatable bonds is 6. The first-order chi connectivity index (χ1) is 19.2. The Morgan fingerprint density at radius 1 is 1.05 bits per heavy atom. The van der Waals surface area contributed by atoms with Gasteiger partial charge in [-0.3, -0.25) is 14.8 Å². The first-order valence-electron chi connectivity index (χ1n) is 14.6. The monoisotopic (exact) mass is 554 g/mol. The average molecular weight is 555 g/mol. The molecule has 0 N–H and O–H groups in total. The van der Waals surface area contributed by atoms with Gasteiger partial charge in [0, 0.05) is 34.6 Å². The largest absolute Gasteiger partial charge is 0.493 e. The molecule has 0 bridgehead atoms. The fraction of sp³-hybridized carbons (Fsp3) is 0.457. The number of fused-ring (bicyclic) bond motifs is 1. The molecule has 1 aliphatic rings. The first-order valence-corrected chi connectivity index (χ1v) is 14.6. The van der Waals surface area contributed by atoms with Gasteiger partial charge in [0.1, 0.15) is 18.5 Å². The van der Waals surface area contributed by atoms with Gasteiger partial charge in [-0.25, -0.2) is 0 Å². The maximum absolute atomic E-state index is 12.9. The van der Waals surface area contributed by atoms with Crippen LogP contribution in [-0.2, 0) is 20.7 Å². The van der Waals surface area contributed by atoms with E-state index in [0.29, 0.717) is 12.5 Å². The molecule has 4 aromatic rings. The summed E-state index contributed by atoms with van der Waals surface area (Å²) in [6, 6.07) is 12.6. The number of nitrogens with zero attached hydrogens (tertiary/aromatic N) is 2. The highest BCUT2D eigenvalue weighted by atomic mass is 16.6. The minimum atomic E-state index is -0.620. The van der Waals surface area contributed by atoms with Crippen LogP contribution in [0.5, 0.6) is 5.75 Å². The van der Waals surface area contributed by atoms with Crippen molar-refractivity contribution in [3.8, 4) is 16.9 Å². The van der Waals surface area contributed by atoms with Crippen LogP contribution in [0.2, 0.25) is 0 Å². The summed E-state index contributed by atoms with van der Waals surface area (Å²) in [6.45, 7) is 18.8. The molecule has 0 saturated heterocycles. The topological polar surface area (TPSA) is 70.5 Å². The SMILES string of the molecule is Cc1cc2nc(C(C)C)ccc2c(-c2ccc3c4c(ccnc24)CCO3)c1[C@@H](COC(=O)C(C)(C)C)OC(C)(C)C. The van der Waals surface area contributed by atoms with Gasteiger partial charge in [-0.15, -0.1) is 0 Å². The molecule has 0 spiro atoms. The lowest BCUT2D eigenvalue weighted by molar-refractivity contribution is -0.162. The van der Waals surface area contributed by atoms with E-state index in [-0.39, 0.29) is 12.6 Å². The molecule has 3 heterocycles. The van der Waals surface area contributed by atoms with Gasteiger partial charge in [0.15, 0.2) is 0 Å². The maximum Gasteiger partial charge on any atom is 0.311 e. The fourth-order valence-electron chi connectivity index (χ4n) is 5.54. The molecule has 0 amide bonds. The Hall–Kier alpha value is -3.51. The second-order valence-corrected chi connectivity index (χ2v) is 13.4. The molecule has 0 saturated carbocycles. The summed E-state index contributed by atoms with van der Waals surface area (Å²) >= 11 is 0. The van der Waals surface area contributed by atoms with Crippen molar-refractivity contribution in [3.63, 3.8) is 0 Å². The number of ether oxygens (including phenoxy) is 3. The van der Waals surface area contributed by atoms with Crippen LogP contribution in [0.25, 0.3) is 32.9 Å². The Labute approximate surface area is 243 Å². The molecule has 1 aliphatic heterocycles. The zero-order valence-electron chi connectivity index (χ0n) is 25.8. The van der Waals surface area contributed by atoms with E-state index < -0.39 is 17.1 Å². The molecule has 6 heteroatoms. The lowest BCUT2D eigenvalue weighted by Crippen LogP contribution is -2.30. The van der Waals surface area contributed by atoms with Crippen molar-refractivity contribution in [3.05, 3.63) is 65.0 Å². The molecule has 0 unspecified atom stereocenters. The minimum absolute atomic E-state index is 0.0992. The van der Waals surface area contributed by atoms with Crippen molar-refractivity contribution in [1.29, 1.82) is 0 Å². The molecule has 41 heavy (non-hydrogen) atoms. The van der Waals surface area contributed by atoms with E-state index in [2.05, 4.69) is 57.2 Å². The van der Waals surface area contributed by atoms with Crippen molar-refractivity contribution >= 4 is 27.8 Å². The van der Waals surface area contributed by atoms with Gasteiger partial charge in [0.05, 0.1) is 28.7 Å². The third kappa shape index (κ3) is 5.80. The predicted octanol–water partition coefficient (Wildman–Crippen LogP) is 8.26. The predicted molar refractivity (Wildman–Crippen MR) is 164 cm³/mol. The summed E-state index contributed by atoms with van der Waals surface area (Å²) in [4.78, 5) is 22.9. The molecular weight excluding hydrogens is 512 g/mol. The standard InChI is InChI=1S/C35H42N2O4/c1-20(2)25-12-10-23-26(37-25)18-21(3)29(28(41-35(7,8)9)19-40-33(38)34(4,5)6)31(23)24-11-13-27-30-22(15-17-39-27)14-16-36-32(24)30/h10-14,16,18,20,28H,15,17,19H2,1-9H3/t28-/m1/s1. The van der Waals surface area contributed by atoms with E-state index in [1.807, 2.05) is 47.7 Å². The highest BCUT2D eigenvalue weighted by Crippen LogP contribution is 2.45. The normalized spacial score (nSPS) is 14.4. The lowest BCUT2D eigenvalue weighted by atomic mass is 9.86. The van der Waals surface area contributed by atoms with E-state index in [4.69, 9.17) is 24.2 Å². The quantitative estimate of drug-likeness (QED) is 0.223. The number of aryl methyl sites for hydroxylation is 1. The number of aromatic nitrogens is 2. The van der Waals surface area contributed by atoms with E-state index in [0.717, 1.165) is 61.9 Å². The van der Waals surface area contributed by atoms with Gasteiger partial charge in [0.2, 0.25) is 0 Å². The third-order valence-corrected chi connectivity index (χ3v) is 7.49. The van der Waals surface area contributed by atoms with Crippen LogP contribution >= 0.6 is 0 Å². The zero-order chi connectivity index (χ0) is 29.7. The van der Waals surface area contributed by atoms with Gasteiger partial charge < -0.3 is 14.2 Å². The number of carbonyl (C=O) groups excluding carboxylic acids is 1. The summed E-state index contributed by atoms with van der Waals surface area (Å²) in [6.07, 6.45) is 2.22. The molecule has 6 nitrogen and oxygen atoms in total. The van der Waals surface area contributed by atoms with E-state index in [1.54, 1.807) is 0 Å². The number of pyridine rings is 2. The van der Waals surface area contributed by atoms with Gasteiger partial charge in [0.25, 0.3) is 0 Å². The van der Waals surface area contributed by atoms with Crippen LogP contribution in [0.1, 0.15) is 89.8 Å². The summed E-state index contributed by atoms with van der Waals surface area (Å²) in [5.74, 6) is 0.901. The summed E-state index contributed by atoms with van der Waals surface area (Å²) in [7, 11) is 0.